The molecule has 0 aromatic carbocycles. The average Bonchev–Trinajstić information content (AvgIpc) is 2.09. The molecule has 0 fully saturated rings. The van der Waals surface area contributed by atoms with Gasteiger partial charge in [0.2, 0.25) is 0 Å². The molecular formula is C8H12Cl2N4Pd. The van der Waals surface area contributed by atoms with Gasteiger partial charge in [0.15, 0.2) is 0 Å². The van der Waals surface area contributed by atoms with Crippen LogP contribution in [0.15, 0.2) is 0 Å². The summed E-state index contributed by atoms with van der Waals surface area (Å²) in [6, 6.07) is 7.00. The number of hydrogen-bond acceptors (Lipinski definition) is 4. The van der Waals surface area contributed by atoms with E-state index in [-0.39, 0.29) is 15.9 Å². The van der Waals surface area contributed by atoms with Crippen LogP contribution in [0, 0.1) is 45.3 Å². The third-order valence-corrected chi connectivity index (χ3v) is 0. The molecule has 0 heterocycles. The van der Waals surface area contributed by atoms with Crippen molar-refractivity contribution in [3.8, 4) is 24.3 Å². The van der Waals surface area contributed by atoms with E-state index in [1.54, 1.807) is 24.3 Å². The molecule has 0 N–H and O–H groups in total. The predicted octanol–water partition coefficient (Wildman–Crippen LogP) is 3.50. The number of rotatable bonds is 0. The van der Waals surface area contributed by atoms with Gasteiger partial charge in [-0.1, -0.05) is 0 Å². The Morgan fingerprint density at radius 1 is 0.667 bits per heavy atom. The van der Waals surface area contributed by atoms with Crippen LogP contribution in [0.4, 0.5) is 0 Å². The first kappa shape index (κ1) is 29.2. The summed E-state index contributed by atoms with van der Waals surface area (Å²) in [5, 5.41) is 29.3. The molecule has 0 aromatic heterocycles. The number of hydrogen-bond donors (Lipinski definition) is 0. The topological polar surface area (TPSA) is 95.2 Å². The maximum absolute atomic E-state index is 7.32. The third-order valence-electron chi connectivity index (χ3n) is 0. The van der Waals surface area contributed by atoms with Crippen LogP contribution in [0.25, 0.3) is 0 Å². The first-order valence-electron chi connectivity index (χ1n) is 3.13. The molecule has 0 aromatic rings. The van der Waals surface area contributed by atoms with E-state index in [1.807, 2.05) is 0 Å². The van der Waals surface area contributed by atoms with Crippen LogP contribution < -0.4 is 0 Å². The first-order valence-corrected chi connectivity index (χ1v) is 7.14. The Morgan fingerprint density at radius 3 is 0.667 bits per heavy atom. The molecule has 0 rings (SSSR count). The van der Waals surface area contributed by atoms with Gasteiger partial charge >= 0.3 is 35.0 Å². The molecule has 0 unspecified atom stereocenters. The SMILES string of the molecule is CC#N.CC#N.CC#N.CC#N.[Cl][Pd][Cl]. The molecule has 0 saturated carbocycles. The van der Waals surface area contributed by atoms with Gasteiger partial charge in [0, 0.05) is 27.7 Å². The minimum absolute atomic E-state index is 0.106. The van der Waals surface area contributed by atoms with Crippen LogP contribution in [0.1, 0.15) is 27.7 Å². The average molecular weight is 342 g/mol. The Labute approximate surface area is 108 Å². The van der Waals surface area contributed by atoms with Crippen molar-refractivity contribution in [1.29, 1.82) is 21.0 Å². The van der Waals surface area contributed by atoms with E-state index in [0.717, 1.165) is 0 Å². The molecule has 0 spiro atoms. The maximum atomic E-state index is 7.32. The Bertz CT molecular complexity index is 171. The summed E-state index contributed by atoms with van der Waals surface area (Å²) in [5.74, 6) is 0. The van der Waals surface area contributed by atoms with Crippen LogP contribution in [-0.2, 0) is 15.9 Å². The van der Waals surface area contributed by atoms with Gasteiger partial charge in [-0.3, -0.25) is 0 Å². The fourth-order valence-electron chi connectivity index (χ4n) is 0. The molecule has 0 saturated heterocycles. The van der Waals surface area contributed by atoms with Crippen molar-refractivity contribution in [2.24, 2.45) is 0 Å². The van der Waals surface area contributed by atoms with Crippen molar-refractivity contribution in [3.05, 3.63) is 0 Å². The van der Waals surface area contributed by atoms with Crippen LogP contribution in [-0.4, -0.2) is 0 Å². The van der Waals surface area contributed by atoms with Crippen LogP contribution in [0.3, 0.4) is 0 Å². The zero-order valence-corrected chi connectivity index (χ0v) is 11.9. The van der Waals surface area contributed by atoms with Gasteiger partial charge in [-0.15, -0.1) is 0 Å². The molecule has 0 amide bonds. The Hall–Kier alpha value is -0.798. The van der Waals surface area contributed by atoms with Crippen molar-refractivity contribution in [2.45, 2.75) is 27.7 Å². The molecule has 0 bridgehead atoms. The summed E-state index contributed by atoms with van der Waals surface area (Å²) in [7, 11) is 9.63. The van der Waals surface area contributed by atoms with E-state index in [4.69, 9.17) is 40.1 Å². The quantitative estimate of drug-likeness (QED) is 0.630. The molecule has 15 heavy (non-hydrogen) atoms. The summed E-state index contributed by atoms with van der Waals surface area (Å²) >= 11 is -0.106. The van der Waals surface area contributed by atoms with Crippen LogP contribution in [0.5, 0.6) is 0 Å². The van der Waals surface area contributed by atoms with Crippen molar-refractivity contribution in [3.63, 3.8) is 0 Å². The standard InChI is InChI=1S/4C2H3N.2ClH.Pd/c4*1-2-3;;;/h4*1H3;2*1H;/q;;;;;;+2/p-2. The summed E-state index contributed by atoms with van der Waals surface area (Å²) in [4.78, 5) is 0. The molecule has 7 heteroatoms. The monoisotopic (exact) mass is 340 g/mol. The number of nitrogens with zero attached hydrogens (tertiary/aromatic N) is 4. The Balaban J connectivity index is -0.0000000278. The number of halogens is 2. The molecule has 88 valence electrons. The van der Waals surface area contributed by atoms with Crippen LogP contribution in [0.2, 0.25) is 0 Å². The zero-order valence-electron chi connectivity index (χ0n) is 8.86. The summed E-state index contributed by atoms with van der Waals surface area (Å²) in [5.41, 5.74) is 0. The van der Waals surface area contributed by atoms with E-state index in [2.05, 4.69) is 0 Å². The van der Waals surface area contributed by atoms with E-state index in [0.29, 0.717) is 0 Å². The number of nitriles is 4. The second-order valence-corrected chi connectivity index (χ2v) is 3.30. The van der Waals surface area contributed by atoms with Crippen LogP contribution >= 0.6 is 19.1 Å². The van der Waals surface area contributed by atoms with E-state index >= 15 is 0 Å². The third kappa shape index (κ3) is 2600. The van der Waals surface area contributed by atoms with Gasteiger partial charge in [-0.05, 0) is 0 Å². The second kappa shape index (κ2) is 111. The molecule has 4 nitrogen and oxygen atoms in total. The molecule has 0 radical (unpaired) electrons. The molecular weight excluding hydrogens is 329 g/mol. The van der Waals surface area contributed by atoms with Gasteiger partial charge in [-0.25, -0.2) is 0 Å². The van der Waals surface area contributed by atoms with E-state index in [9.17, 15) is 0 Å². The van der Waals surface area contributed by atoms with Gasteiger partial charge in [0.1, 0.15) is 0 Å². The summed E-state index contributed by atoms with van der Waals surface area (Å²) in [6.07, 6.45) is 0. The zero-order chi connectivity index (χ0) is 13.5. The normalized spacial score (nSPS) is 3.60. The minimum atomic E-state index is -0.106. The van der Waals surface area contributed by atoms with Crippen molar-refractivity contribution < 1.29 is 15.9 Å². The molecule has 0 aliphatic heterocycles. The summed E-state index contributed by atoms with van der Waals surface area (Å²) in [6.45, 7) is 5.72. The predicted molar refractivity (Wildman–Crippen MR) is 56.9 cm³/mol. The Kier molecular flexibility index (Phi) is 217. The molecule has 0 aliphatic carbocycles. The van der Waals surface area contributed by atoms with E-state index < -0.39 is 0 Å². The molecule has 0 atom stereocenters. The van der Waals surface area contributed by atoms with Gasteiger partial charge in [-0.2, -0.15) is 21.0 Å². The van der Waals surface area contributed by atoms with Gasteiger partial charge in [0.05, 0.1) is 24.3 Å². The fraction of sp³-hybridized carbons (Fsp3) is 0.500. The first-order chi connectivity index (χ1) is 7.07. The summed E-state index contributed by atoms with van der Waals surface area (Å²) < 4.78 is 0. The molecule has 0 aliphatic rings. The van der Waals surface area contributed by atoms with Gasteiger partial charge in [0.25, 0.3) is 0 Å². The second-order valence-electron chi connectivity index (χ2n) is 0.940. The van der Waals surface area contributed by atoms with Crippen molar-refractivity contribution in [2.75, 3.05) is 0 Å². The fourth-order valence-corrected chi connectivity index (χ4v) is 0. The van der Waals surface area contributed by atoms with E-state index in [1.165, 1.54) is 27.7 Å². The van der Waals surface area contributed by atoms with Gasteiger partial charge < -0.3 is 0 Å². The Morgan fingerprint density at radius 2 is 0.667 bits per heavy atom. The van der Waals surface area contributed by atoms with Crippen molar-refractivity contribution in [1.82, 2.24) is 0 Å². The van der Waals surface area contributed by atoms with Crippen molar-refractivity contribution >= 4 is 19.1 Å².